The third-order valence-corrected chi connectivity index (χ3v) is 3.42. The van der Waals surface area contributed by atoms with E-state index in [4.69, 9.17) is 4.74 Å². The summed E-state index contributed by atoms with van der Waals surface area (Å²) >= 11 is 0. The molecule has 0 aliphatic rings. The van der Waals surface area contributed by atoms with E-state index in [1.807, 2.05) is 0 Å². The Morgan fingerprint density at radius 1 is 1.31 bits per heavy atom. The number of carbonyl (C=O) groups excluding carboxylic acids is 1. The molecule has 0 spiro atoms. The highest BCUT2D eigenvalue weighted by Crippen LogP contribution is 2.11. The molecule has 26 heavy (non-hydrogen) atoms. The van der Waals surface area contributed by atoms with E-state index in [0.29, 0.717) is 17.1 Å². The van der Waals surface area contributed by atoms with E-state index in [0.717, 1.165) is 0 Å². The van der Waals surface area contributed by atoms with Gasteiger partial charge in [0.25, 0.3) is 5.91 Å². The van der Waals surface area contributed by atoms with Gasteiger partial charge in [-0.3, -0.25) is 4.79 Å². The number of aliphatic hydroxyl groups excluding tert-OH is 1. The number of carbonyl (C=O) groups is 1. The van der Waals surface area contributed by atoms with Gasteiger partial charge in [-0.25, -0.2) is 19.0 Å². The first-order valence-electron chi connectivity index (χ1n) is 7.77. The lowest BCUT2D eigenvalue weighted by Crippen LogP contribution is -2.35. The number of hydrogen-bond donors (Lipinski definition) is 2. The van der Waals surface area contributed by atoms with Crippen LogP contribution in [-0.2, 0) is 0 Å². The van der Waals surface area contributed by atoms with Crippen molar-refractivity contribution in [2.45, 2.75) is 6.10 Å². The highest BCUT2D eigenvalue weighted by molar-refractivity contribution is 5.94. The zero-order valence-electron chi connectivity index (χ0n) is 13.6. The smallest absolute Gasteiger partial charge is 0.251 e. The zero-order valence-corrected chi connectivity index (χ0v) is 13.6. The molecule has 0 aliphatic carbocycles. The van der Waals surface area contributed by atoms with Crippen molar-refractivity contribution in [3.05, 3.63) is 66.6 Å². The zero-order chi connectivity index (χ0) is 18.4. The predicted octanol–water partition coefficient (Wildman–Crippen LogP) is 0.971. The Kier molecular flexibility index (Phi) is 5.49. The number of hydrogen-bond acceptors (Lipinski definition) is 6. The number of benzene rings is 1. The summed E-state index contributed by atoms with van der Waals surface area (Å²) in [5, 5.41) is 16.5. The number of halogens is 1. The Morgan fingerprint density at radius 3 is 2.85 bits per heavy atom. The van der Waals surface area contributed by atoms with Gasteiger partial charge in [-0.15, -0.1) is 0 Å². The number of nitrogens with zero attached hydrogens (tertiary/aromatic N) is 4. The summed E-state index contributed by atoms with van der Waals surface area (Å²) in [5.41, 5.74) is 0.372. The van der Waals surface area contributed by atoms with Crippen LogP contribution >= 0.6 is 0 Å². The van der Waals surface area contributed by atoms with Crippen LogP contribution in [-0.4, -0.2) is 50.0 Å². The number of pyridine rings is 1. The van der Waals surface area contributed by atoms with Crippen molar-refractivity contribution in [3.63, 3.8) is 0 Å². The van der Waals surface area contributed by atoms with Gasteiger partial charge >= 0.3 is 0 Å². The molecule has 2 heterocycles. The first kappa shape index (κ1) is 17.5. The Balaban J connectivity index is 1.50. The quantitative estimate of drug-likeness (QED) is 0.653. The third-order valence-electron chi connectivity index (χ3n) is 3.42. The molecule has 0 aliphatic heterocycles. The largest absolute Gasteiger partial charge is 0.491 e. The van der Waals surface area contributed by atoms with Crippen molar-refractivity contribution < 1.29 is 19.0 Å². The molecule has 1 amide bonds. The molecule has 134 valence electrons. The minimum absolute atomic E-state index is 0.00100. The van der Waals surface area contributed by atoms with Gasteiger partial charge in [-0.2, -0.15) is 5.10 Å². The fourth-order valence-electron chi connectivity index (χ4n) is 2.11. The lowest BCUT2D eigenvalue weighted by atomic mass is 10.2. The second kappa shape index (κ2) is 8.17. The Labute approximate surface area is 148 Å². The standard InChI is InChI=1S/C17H16FN5O3/c18-13-1-3-15(4-2-13)26-9-14(24)8-21-17(25)12-5-6-20-16(7-12)23-11-19-10-22-23/h1-7,10-11,14,24H,8-9H2,(H,21,25). The van der Waals surface area contributed by atoms with Crippen LogP contribution in [0, 0.1) is 5.82 Å². The normalized spacial score (nSPS) is 11.8. The molecule has 1 unspecified atom stereocenters. The number of aliphatic hydroxyl groups is 1. The van der Waals surface area contributed by atoms with Crippen LogP contribution in [0.2, 0.25) is 0 Å². The highest BCUT2D eigenvalue weighted by Gasteiger charge is 2.11. The molecular formula is C17H16FN5O3. The second-order valence-electron chi connectivity index (χ2n) is 5.37. The van der Waals surface area contributed by atoms with Crippen molar-refractivity contribution in [2.24, 2.45) is 0 Å². The summed E-state index contributed by atoms with van der Waals surface area (Å²) in [6, 6.07) is 8.56. The van der Waals surface area contributed by atoms with Crippen LogP contribution in [0.5, 0.6) is 5.75 Å². The molecular weight excluding hydrogens is 341 g/mol. The van der Waals surface area contributed by atoms with Gasteiger partial charge in [0.05, 0.1) is 0 Å². The van der Waals surface area contributed by atoms with Crippen molar-refractivity contribution in [2.75, 3.05) is 13.2 Å². The summed E-state index contributed by atoms with van der Waals surface area (Å²) < 4.78 is 19.6. The molecule has 3 aromatic rings. The molecule has 3 rings (SSSR count). The van der Waals surface area contributed by atoms with E-state index in [1.165, 1.54) is 47.8 Å². The summed E-state index contributed by atoms with van der Waals surface area (Å²) in [5.74, 6) is 0.154. The molecule has 1 atom stereocenters. The van der Waals surface area contributed by atoms with E-state index in [-0.39, 0.29) is 24.9 Å². The fourth-order valence-corrected chi connectivity index (χ4v) is 2.11. The Bertz CT molecular complexity index is 855. The maximum Gasteiger partial charge on any atom is 0.251 e. The Morgan fingerprint density at radius 2 is 2.12 bits per heavy atom. The summed E-state index contributed by atoms with van der Waals surface area (Å²) in [6.07, 6.45) is 3.41. The van der Waals surface area contributed by atoms with Crippen molar-refractivity contribution >= 4 is 5.91 Å². The lowest BCUT2D eigenvalue weighted by molar-refractivity contribution is 0.0843. The van der Waals surface area contributed by atoms with Crippen LogP contribution in [0.3, 0.4) is 0 Å². The number of ether oxygens (including phenoxy) is 1. The van der Waals surface area contributed by atoms with E-state index in [2.05, 4.69) is 20.4 Å². The van der Waals surface area contributed by atoms with Crippen LogP contribution in [0.15, 0.2) is 55.2 Å². The summed E-state index contributed by atoms with van der Waals surface area (Å²) in [4.78, 5) is 20.1. The molecule has 2 N–H and O–H groups in total. The third kappa shape index (κ3) is 4.61. The van der Waals surface area contributed by atoms with E-state index >= 15 is 0 Å². The summed E-state index contributed by atoms with van der Waals surface area (Å²) in [7, 11) is 0. The topological polar surface area (TPSA) is 102 Å². The van der Waals surface area contributed by atoms with Crippen molar-refractivity contribution in [1.82, 2.24) is 25.1 Å². The number of aromatic nitrogens is 4. The van der Waals surface area contributed by atoms with Gasteiger partial charge in [0, 0.05) is 18.3 Å². The number of amides is 1. The number of nitrogens with one attached hydrogen (secondary N) is 1. The molecule has 0 bridgehead atoms. The number of rotatable bonds is 7. The predicted molar refractivity (Wildman–Crippen MR) is 89.4 cm³/mol. The molecule has 9 heteroatoms. The molecule has 0 saturated carbocycles. The van der Waals surface area contributed by atoms with Crippen LogP contribution < -0.4 is 10.1 Å². The van der Waals surface area contributed by atoms with E-state index in [9.17, 15) is 14.3 Å². The van der Waals surface area contributed by atoms with Gasteiger partial charge in [0.2, 0.25) is 0 Å². The Hall–Kier alpha value is -3.33. The average molecular weight is 357 g/mol. The lowest BCUT2D eigenvalue weighted by Gasteiger charge is -2.13. The van der Waals surface area contributed by atoms with Crippen LogP contribution in [0.25, 0.3) is 5.82 Å². The summed E-state index contributed by atoms with van der Waals surface area (Å²) in [6.45, 7) is -0.0343. The second-order valence-corrected chi connectivity index (χ2v) is 5.37. The fraction of sp³-hybridized carbons (Fsp3) is 0.176. The van der Waals surface area contributed by atoms with Crippen LogP contribution in [0.1, 0.15) is 10.4 Å². The van der Waals surface area contributed by atoms with E-state index < -0.39 is 6.10 Å². The van der Waals surface area contributed by atoms with Gasteiger partial charge in [-0.1, -0.05) is 0 Å². The molecule has 0 saturated heterocycles. The molecule has 8 nitrogen and oxygen atoms in total. The maximum absolute atomic E-state index is 12.8. The minimum atomic E-state index is -0.916. The maximum atomic E-state index is 12.8. The van der Waals surface area contributed by atoms with Crippen molar-refractivity contribution in [1.29, 1.82) is 0 Å². The molecule has 0 radical (unpaired) electrons. The molecule has 0 fully saturated rings. The van der Waals surface area contributed by atoms with Gasteiger partial charge in [-0.05, 0) is 36.4 Å². The van der Waals surface area contributed by atoms with Gasteiger partial charge in [0.15, 0.2) is 5.82 Å². The first-order chi connectivity index (χ1) is 12.6. The SMILES string of the molecule is O=C(NCC(O)COc1ccc(F)cc1)c1ccnc(-n2cncn2)c1. The highest BCUT2D eigenvalue weighted by atomic mass is 19.1. The average Bonchev–Trinajstić information content (AvgIpc) is 3.20. The molecule has 1 aromatic carbocycles. The minimum Gasteiger partial charge on any atom is -0.491 e. The van der Waals surface area contributed by atoms with E-state index in [1.54, 1.807) is 12.1 Å². The van der Waals surface area contributed by atoms with Gasteiger partial charge in [0.1, 0.15) is 36.9 Å². The monoisotopic (exact) mass is 357 g/mol. The molecule has 2 aromatic heterocycles. The van der Waals surface area contributed by atoms with Crippen LogP contribution in [0.4, 0.5) is 4.39 Å². The van der Waals surface area contributed by atoms with Gasteiger partial charge < -0.3 is 15.2 Å². The first-order valence-corrected chi connectivity index (χ1v) is 7.77. The van der Waals surface area contributed by atoms with Crippen molar-refractivity contribution in [3.8, 4) is 11.6 Å².